The van der Waals surface area contributed by atoms with E-state index in [1.54, 1.807) is 12.3 Å². The van der Waals surface area contributed by atoms with E-state index in [4.69, 9.17) is 18.7 Å². The second-order valence-corrected chi connectivity index (χ2v) is 10.1. The number of nitriles is 1. The average molecular weight is 580 g/mol. The normalized spacial score (nSPS) is 11.3. The lowest BCUT2D eigenvalue weighted by Crippen LogP contribution is -2.07. The van der Waals surface area contributed by atoms with Gasteiger partial charge in [-0.25, -0.2) is 4.98 Å². The number of aromatic nitrogens is 2. The van der Waals surface area contributed by atoms with Gasteiger partial charge in [-0.1, -0.05) is 90.1 Å². The lowest BCUT2D eigenvalue weighted by Gasteiger charge is -2.14. The van der Waals surface area contributed by atoms with Crippen LogP contribution < -0.4 is 14.2 Å². The maximum atomic E-state index is 9.92. The first kappa shape index (κ1) is 28.3. The van der Waals surface area contributed by atoms with Crippen LogP contribution in [-0.2, 0) is 19.6 Å². The molecule has 6 rings (SSSR count). The Balaban J connectivity index is 1.08. The monoisotopic (exact) mass is 579 g/mol. The standard InChI is InChI=1S/C37H29N3O4/c38-24-36(30-15-19-33(20-16-30)42-26-29-10-5-2-6-11-29)43-37-34(12-7-21-39-37)35-23-31(40-44-35)22-27-13-17-32(18-14-27)41-25-28-8-3-1-4-9-28/h1-21,23,36H,22,25-26H2. The van der Waals surface area contributed by atoms with Gasteiger partial charge in [0.1, 0.15) is 30.8 Å². The lowest BCUT2D eigenvalue weighted by atomic mass is 10.1. The summed E-state index contributed by atoms with van der Waals surface area (Å²) in [5.41, 5.74) is 5.32. The number of rotatable bonds is 12. The van der Waals surface area contributed by atoms with Crippen LogP contribution in [0.25, 0.3) is 11.3 Å². The summed E-state index contributed by atoms with van der Waals surface area (Å²) in [6.45, 7) is 0.979. The second kappa shape index (κ2) is 13.9. The minimum Gasteiger partial charge on any atom is -0.489 e. The van der Waals surface area contributed by atoms with Gasteiger partial charge in [0.25, 0.3) is 0 Å². The van der Waals surface area contributed by atoms with E-state index in [1.807, 2.05) is 121 Å². The third-order valence-electron chi connectivity index (χ3n) is 6.93. The smallest absolute Gasteiger partial charge is 0.226 e. The Morgan fingerprint density at radius 2 is 1.30 bits per heavy atom. The quantitative estimate of drug-likeness (QED) is 0.145. The average Bonchev–Trinajstić information content (AvgIpc) is 3.55. The highest BCUT2D eigenvalue weighted by Gasteiger charge is 2.19. The lowest BCUT2D eigenvalue weighted by molar-refractivity contribution is 0.251. The van der Waals surface area contributed by atoms with E-state index in [2.05, 4.69) is 16.2 Å². The maximum Gasteiger partial charge on any atom is 0.226 e. The molecule has 0 amide bonds. The van der Waals surface area contributed by atoms with Crippen molar-refractivity contribution in [2.75, 3.05) is 0 Å². The molecule has 0 saturated heterocycles. The number of hydrogen-bond acceptors (Lipinski definition) is 7. The van der Waals surface area contributed by atoms with Crippen LogP contribution in [0, 0.1) is 11.3 Å². The molecule has 0 bridgehead atoms. The van der Waals surface area contributed by atoms with E-state index in [1.165, 1.54) is 0 Å². The van der Waals surface area contributed by atoms with E-state index in [9.17, 15) is 5.26 Å². The highest BCUT2D eigenvalue weighted by molar-refractivity contribution is 5.63. The van der Waals surface area contributed by atoms with Gasteiger partial charge in [-0.15, -0.1) is 0 Å². The molecule has 1 unspecified atom stereocenters. The summed E-state index contributed by atoms with van der Waals surface area (Å²) in [4.78, 5) is 4.39. The first-order chi connectivity index (χ1) is 21.7. The van der Waals surface area contributed by atoms with Gasteiger partial charge in [0.2, 0.25) is 12.0 Å². The molecule has 2 heterocycles. The topological polar surface area (TPSA) is 90.4 Å². The molecule has 7 heteroatoms. The Bertz CT molecular complexity index is 1810. The molecular weight excluding hydrogens is 550 g/mol. The van der Waals surface area contributed by atoms with E-state index < -0.39 is 6.10 Å². The highest BCUT2D eigenvalue weighted by Crippen LogP contribution is 2.32. The van der Waals surface area contributed by atoms with E-state index in [0.29, 0.717) is 42.3 Å². The molecule has 0 radical (unpaired) electrons. The molecule has 0 aliphatic rings. The summed E-state index contributed by atoms with van der Waals surface area (Å²) >= 11 is 0. The first-order valence-corrected chi connectivity index (χ1v) is 14.2. The van der Waals surface area contributed by atoms with Gasteiger partial charge in [-0.05, 0) is 53.1 Å². The first-order valence-electron chi connectivity index (χ1n) is 14.2. The number of hydrogen-bond donors (Lipinski definition) is 0. The number of nitrogens with zero attached hydrogens (tertiary/aromatic N) is 3. The van der Waals surface area contributed by atoms with E-state index >= 15 is 0 Å². The molecule has 6 aromatic rings. The molecule has 2 aromatic heterocycles. The van der Waals surface area contributed by atoms with Crippen LogP contribution >= 0.6 is 0 Å². The van der Waals surface area contributed by atoms with Gasteiger partial charge in [0, 0.05) is 24.2 Å². The van der Waals surface area contributed by atoms with Gasteiger partial charge in [0.05, 0.1) is 11.3 Å². The summed E-state index contributed by atoms with van der Waals surface area (Å²) in [7, 11) is 0. The predicted molar refractivity (Wildman–Crippen MR) is 166 cm³/mol. The van der Waals surface area contributed by atoms with Crippen LogP contribution in [0.5, 0.6) is 17.4 Å². The van der Waals surface area contributed by atoms with Crippen molar-refractivity contribution in [1.82, 2.24) is 10.1 Å². The van der Waals surface area contributed by atoms with Gasteiger partial charge in [-0.2, -0.15) is 5.26 Å². The fraction of sp³-hybridized carbons (Fsp3) is 0.108. The molecule has 44 heavy (non-hydrogen) atoms. The zero-order chi connectivity index (χ0) is 30.0. The van der Waals surface area contributed by atoms with Crippen molar-refractivity contribution in [2.45, 2.75) is 25.7 Å². The summed E-state index contributed by atoms with van der Waals surface area (Å²) in [5, 5.41) is 14.2. The fourth-order valence-corrected chi connectivity index (χ4v) is 4.61. The molecule has 7 nitrogen and oxygen atoms in total. The minimum atomic E-state index is -0.878. The van der Waals surface area contributed by atoms with Crippen molar-refractivity contribution < 1.29 is 18.7 Å². The molecule has 0 fully saturated rings. The largest absolute Gasteiger partial charge is 0.489 e. The van der Waals surface area contributed by atoms with Crippen molar-refractivity contribution in [3.63, 3.8) is 0 Å². The maximum absolute atomic E-state index is 9.92. The minimum absolute atomic E-state index is 0.283. The predicted octanol–water partition coefficient (Wildman–Crippen LogP) is 8.13. The molecule has 0 saturated carbocycles. The Morgan fingerprint density at radius 1 is 0.682 bits per heavy atom. The molecule has 216 valence electrons. The summed E-state index contributed by atoms with van der Waals surface area (Å²) in [6.07, 6.45) is 1.32. The third-order valence-corrected chi connectivity index (χ3v) is 6.93. The molecular formula is C37H29N3O4. The van der Waals surface area contributed by atoms with Gasteiger partial charge >= 0.3 is 0 Å². The van der Waals surface area contributed by atoms with Crippen LogP contribution in [0.4, 0.5) is 0 Å². The molecule has 0 aliphatic heterocycles. The van der Waals surface area contributed by atoms with Crippen LogP contribution in [0.15, 0.2) is 138 Å². The van der Waals surface area contributed by atoms with E-state index in [0.717, 1.165) is 28.1 Å². The van der Waals surface area contributed by atoms with Gasteiger partial charge < -0.3 is 18.7 Å². The van der Waals surface area contributed by atoms with Crippen LogP contribution in [0.2, 0.25) is 0 Å². The second-order valence-electron chi connectivity index (χ2n) is 10.1. The van der Waals surface area contributed by atoms with Crippen LogP contribution in [0.3, 0.4) is 0 Å². The van der Waals surface area contributed by atoms with Crippen molar-refractivity contribution >= 4 is 0 Å². The fourth-order valence-electron chi connectivity index (χ4n) is 4.61. The van der Waals surface area contributed by atoms with Crippen LogP contribution in [0.1, 0.15) is 34.1 Å². The molecule has 1 atom stereocenters. The summed E-state index contributed by atoms with van der Waals surface area (Å²) in [6, 6.07) is 43.0. The van der Waals surface area contributed by atoms with E-state index in [-0.39, 0.29) is 5.88 Å². The molecule has 4 aromatic carbocycles. The van der Waals surface area contributed by atoms with Crippen LogP contribution in [-0.4, -0.2) is 10.1 Å². The number of ether oxygens (including phenoxy) is 3. The number of pyridine rings is 1. The van der Waals surface area contributed by atoms with Gasteiger partial charge in [-0.3, -0.25) is 0 Å². The molecule has 0 N–H and O–H groups in total. The Morgan fingerprint density at radius 3 is 1.91 bits per heavy atom. The van der Waals surface area contributed by atoms with Gasteiger partial charge in [0.15, 0.2) is 5.76 Å². The third kappa shape index (κ3) is 7.30. The zero-order valence-corrected chi connectivity index (χ0v) is 23.9. The highest BCUT2D eigenvalue weighted by atomic mass is 16.5. The summed E-state index contributed by atoms with van der Waals surface area (Å²) < 4.78 is 23.5. The Hall–Kier alpha value is -5.87. The Labute approximate surface area is 255 Å². The molecule has 0 aliphatic carbocycles. The van der Waals surface area contributed by atoms with Crippen molar-refractivity contribution in [3.05, 3.63) is 162 Å². The zero-order valence-electron chi connectivity index (χ0n) is 23.9. The van der Waals surface area contributed by atoms with Crippen molar-refractivity contribution in [1.29, 1.82) is 5.26 Å². The number of benzene rings is 4. The summed E-state index contributed by atoms with van der Waals surface area (Å²) in [5.74, 6) is 2.30. The van der Waals surface area contributed by atoms with Crippen molar-refractivity contribution in [3.8, 4) is 34.8 Å². The SMILES string of the molecule is N#CC(Oc1ncccc1-c1cc(Cc2ccc(OCc3ccccc3)cc2)no1)c1ccc(OCc2ccccc2)cc1. The Kier molecular flexibility index (Phi) is 8.90. The molecule has 0 spiro atoms. The van der Waals surface area contributed by atoms with Crippen molar-refractivity contribution in [2.24, 2.45) is 0 Å².